The number of benzene rings is 1. The summed E-state index contributed by atoms with van der Waals surface area (Å²) in [6.45, 7) is 2.98. The fraction of sp³-hybridized carbons (Fsp3) is 0.500. The standard InChI is InChI=1S/C14H19ClN2O2/c1-9-7-10(5-6-16-9)14(18)17-12-8-11(15)3-4-13(12)19-2/h3-4,8-10,16H,5-7H2,1-2H3,(H,17,18)/t9-,10-/m0/s1. The maximum atomic E-state index is 12.3. The zero-order valence-electron chi connectivity index (χ0n) is 11.2. The van der Waals surface area contributed by atoms with E-state index in [9.17, 15) is 4.79 Å². The van der Waals surface area contributed by atoms with Gasteiger partial charge in [0.1, 0.15) is 5.75 Å². The summed E-state index contributed by atoms with van der Waals surface area (Å²) in [7, 11) is 1.57. The summed E-state index contributed by atoms with van der Waals surface area (Å²) in [5.74, 6) is 0.702. The molecule has 0 radical (unpaired) electrons. The van der Waals surface area contributed by atoms with E-state index in [1.165, 1.54) is 0 Å². The molecular formula is C14H19ClN2O2. The van der Waals surface area contributed by atoms with Crippen LogP contribution in [0.4, 0.5) is 5.69 Å². The molecule has 0 saturated carbocycles. The summed E-state index contributed by atoms with van der Waals surface area (Å²) in [5.41, 5.74) is 0.631. The zero-order valence-corrected chi connectivity index (χ0v) is 12.0. The molecule has 1 heterocycles. The molecule has 0 bridgehead atoms. The molecule has 1 aromatic carbocycles. The minimum absolute atomic E-state index is 0.0360. The fourth-order valence-corrected chi connectivity index (χ4v) is 2.55. The van der Waals surface area contributed by atoms with Gasteiger partial charge in [0.2, 0.25) is 5.91 Å². The molecule has 4 nitrogen and oxygen atoms in total. The second-order valence-electron chi connectivity index (χ2n) is 4.91. The first kappa shape index (κ1) is 14.2. The van der Waals surface area contributed by atoms with Crippen molar-refractivity contribution in [3.8, 4) is 5.75 Å². The highest BCUT2D eigenvalue weighted by Gasteiger charge is 2.25. The Morgan fingerprint density at radius 2 is 2.32 bits per heavy atom. The first-order chi connectivity index (χ1) is 9.10. The average Bonchev–Trinajstić information content (AvgIpc) is 2.39. The molecule has 0 spiro atoms. The van der Waals surface area contributed by atoms with E-state index in [1.54, 1.807) is 25.3 Å². The molecular weight excluding hydrogens is 264 g/mol. The number of carbonyl (C=O) groups excluding carboxylic acids is 1. The smallest absolute Gasteiger partial charge is 0.227 e. The molecule has 5 heteroatoms. The number of anilines is 1. The monoisotopic (exact) mass is 282 g/mol. The van der Waals surface area contributed by atoms with Crippen molar-refractivity contribution in [1.82, 2.24) is 5.32 Å². The van der Waals surface area contributed by atoms with E-state index in [1.807, 2.05) is 0 Å². The van der Waals surface area contributed by atoms with Gasteiger partial charge in [-0.1, -0.05) is 11.6 Å². The molecule has 0 unspecified atom stereocenters. The highest BCUT2D eigenvalue weighted by Crippen LogP contribution is 2.29. The largest absolute Gasteiger partial charge is 0.495 e. The Kier molecular flexibility index (Phi) is 4.66. The first-order valence-electron chi connectivity index (χ1n) is 6.48. The van der Waals surface area contributed by atoms with E-state index in [0.717, 1.165) is 19.4 Å². The molecule has 1 saturated heterocycles. The Bertz CT molecular complexity index is 465. The van der Waals surface area contributed by atoms with Crippen molar-refractivity contribution in [1.29, 1.82) is 0 Å². The minimum Gasteiger partial charge on any atom is -0.495 e. The predicted molar refractivity (Wildman–Crippen MR) is 76.8 cm³/mol. The maximum absolute atomic E-state index is 12.3. The lowest BCUT2D eigenvalue weighted by atomic mass is 9.92. The Morgan fingerprint density at radius 1 is 1.53 bits per heavy atom. The van der Waals surface area contributed by atoms with Crippen LogP contribution >= 0.6 is 11.6 Å². The van der Waals surface area contributed by atoms with E-state index in [0.29, 0.717) is 22.5 Å². The van der Waals surface area contributed by atoms with Crippen LogP contribution in [0, 0.1) is 5.92 Å². The van der Waals surface area contributed by atoms with E-state index in [4.69, 9.17) is 16.3 Å². The second-order valence-corrected chi connectivity index (χ2v) is 5.35. The Morgan fingerprint density at radius 3 is 3.00 bits per heavy atom. The number of amides is 1. The predicted octanol–water partition coefficient (Wildman–Crippen LogP) is 2.68. The van der Waals surface area contributed by atoms with Gasteiger partial charge in [-0.2, -0.15) is 0 Å². The van der Waals surface area contributed by atoms with Gasteiger partial charge in [0, 0.05) is 17.0 Å². The normalized spacial score (nSPS) is 22.9. The van der Waals surface area contributed by atoms with Crippen molar-refractivity contribution in [2.75, 3.05) is 19.0 Å². The molecule has 19 heavy (non-hydrogen) atoms. The number of hydrogen-bond acceptors (Lipinski definition) is 3. The van der Waals surface area contributed by atoms with Gasteiger partial charge in [0.05, 0.1) is 12.8 Å². The third-order valence-electron chi connectivity index (χ3n) is 3.41. The van der Waals surface area contributed by atoms with Crippen molar-refractivity contribution in [2.45, 2.75) is 25.8 Å². The molecule has 1 aromatic rings. The van der Waals surface area contributed by atoms with Crippen LogP contribution < -0.4 is 15.4 Å². The molecule has 2 N–H and O–H groups in total. The van der Waals surface area contributed by atoms with Crippen LogP contribution in [-0.4, -0.2) is 25.6 Å². The van der Waals surface area contributed by atoms with E-state index < -0.39 is 0 Å². The Hall–Kier alpha value is -1.26. The van der Waals surface area contributed by atoms with Crippen molar-refractivity contribution >= 4 is 23.2 Å². The molecule has 1 fully saturated rings. The van der Waals surface area contributed by atoms with Crippen LogP contribution in [0.2, 0.25) is 5.02 Å². The molecule has 104 valence electrons. The van der Waals surface area contributed by atoms with Crippen LogP contribution in [0.3, 0.4) is 0 Å². The van der Waals surface area contributed by atoms with Gasteiger partial charge < -0.3 is 15.4 Å². The van der Waals surface area contributed by atoms with Gasteiger partial charge in [-0.05, 0) is 44.5 Å². The number of nitrogens with one attached hydrogen (secondary N) is 2. The van der Waals surface area contributed by atoms with Crippen LogP contribution in [0.25, 0.3) is 0 Å². The van der Waals surface area contributed by atoms with Crippen LogP contribution in [-0.2, 0) is 4.79 Å². The molecule has 1 amide bonds. The number of rotatable bonds is 3. The van der Waals surface area contributed by atoms with Crippen molar-refractivity contribution in [3.63, 3.8) is 0 Å². The Balaban J connectivity index is 2.07. The lowest BCUT2D eigenvalue weighted by molar-refractivity contribution is -0.120. The van der Waals surface area contributed by atoms with Gasteiger partial charge >= 0.3 is 0 Å². The zero-order chi connectivity index (χ0) is 13.8. The number of ether oxygens (including phenoxy) is 1. The highest BCUT2D eigenvalue weighted by molar-refractivity contribution is 6.31. The SMILES string of the molecule is COc1ccc(Cl)cc1NC(=O)[C@H]1CCN[C@@H](C)C1. The first-order valence-corrected chi connectivity index (χ1v) is 6.85. The number of piperidine rings is 1. The summed E-state index contributed by atoms with van der Waals surface area (Å²) < 4.78 is 5.22. The van der Waals surface area contributed by atoms with E-state index in [2.05, 4.69) is 17.6 Å². The lowest BCUT2D eigenvalue weighted by Crippen LogP contribution is -2.40. The van der Waals surface area contributed by atoms with Crippen molar-refractivity contribution in [3.05, 3.63) is 23.2 Å². The summed E-state index contributed by atoms with van der Waals surface area (Å²) >= 11 is 5.95. The van der Waals surface area contributed by atoms with Crippen molar-refractivity contribution in [2.24, 2.45) is 5.92 Å². The van der Waals surface area contributed by atoms with Gasteiger partial charge in [-0.3, -0.25) is 4.79 Å². The van der Waals surface area contributed by atoms with E-state index >= 15 is 0 Å². The second kappa shape index (κ2) is 6.26. The maximum Gasteiger partial charge on any atom is 0.227 e. The molecule has 1 aliphatic heterocycles. The topological polar surface area (TPSA) is 50.4 Å². The molecule has 0 aliphatic carbocycles. The number of halogens is 1. The lowest BCUT2D eigenvalue weighted by Gasteiger charge is -2.27. The molecule has 0 aromatic heterocycles. The van der Waals surface area contributed by atoms with Crippen LogP contribution in [0.1, 0.15) is 19.8 Å². The van der Waals surface area contributed by atoms with E-state index in [-0.39, 0.29) is 11.8 Å². The number of methoxy groups -OCH3 is 1. The summed E-state index contributed by atoms with van der Waals surface area (Å²) in [6, 6.07) is 5.58. The number of hydrogen-bond donors (Lipinski definition) is 2. The van der Waals surface area contributed by atoms with Gasteiger partial charge in [0.25, 0.3) is 0 Å². The summed E-state index contributed by atoms with van der Waals surface area (Å²) in [6.07, 6.45) is 1.72. The average molecular weight is 283 g/mol. The van der Waals surface area contributed by atoms with Gasteiger partial charge in [-0.25, -0.2) is 0 Å². The molecule has 2 atom stereocenters. The molecule has 2 rings (SSSR count). The quantitative estimate of drug-likeness (QED) is 0.896. The van der Waals surface area contributed by atoms with Gasteiger partial charge in [0.15, 0.2) is 0 Å². The molecule has 1 aliphatic rings. The highest BCUT2D eigenvalue weighted by atomic mass is 35.5. The third-order valence-corrected chi connectivity index (χ3v) is 3.65. The minimum atomic E-state index is 0.0360. The number of carbonyl (C=O) groups is 1. The third kappa shape index (κ3) is 3.61. The van der Waals surface area contributed by atoms with Gasteiger partial charge in [-0.15, -0.1) is 0 Å². The van der Waals surface area contributed by atoms with Crippen molar-refractivity contribution < 1.29 is 9.53 Å². The summed E-state index contributed by atoms with van der Waals surface area (Å²) in [5, 5.41) is 6.83. The Labute approximate surface area is 118 Å². The van der Waals surface area contributed by atoms with Crippen LogP contribution in [0.5, 0.6) is 5.75 Å². The fourth-order valence-electron chi connectivity index (χ4n) is 2.38. The summed E-state index contributed by atoms with van der Waals surface area (Å²) in [4.78, 5) is 12.3. The van der Waals surface area contributed by atoms with Crippen LogP contribution in [0.15, 0.2) is 18.2 Å².